The van der Waals surface area contributed by atoms with Crippen LogP contribution in [0.2, 0.25) is 0 Å². The molecule has 12 rings (SSSR count). The molecule has 0 atom stereocenters. The van der Waals surface area contributed by atoms with Crippen LogP contribution in [0.15, 0.2) is 364 Å². The molecular weight excluding hydrogens is 1090 g/mol. The fourth-order valence-electron chi connectivity index (χ4n) is 9.14. The summed E-state index contributed by atoms with van der Waals surface area (Å²) in [5, 5.41) is 16.8. The van der Waals surface area contributed by atoms with Gasteiger partial charge < -0.3 is 4.74 Å². The molecule has 0 aliphatic carbocycles. The monoisotopic (exact) mass is 1160 g/mol. The summed E-state index contributed by atoms with van der Waals surface area (Å²) in [5.74, 6) is -0.225. The predicted octanol–water partition coefficient (Wildman–Crippen LogP) is 15.1. The topological polar surface area (TPSA) is 26.3 Å². The zero-order valence-electron chi connectivity index (χ0n) is 48.2. The Morgan fingerprint density at radius 3 is 0.369 bits per heavy atom. The summed E-state index contributed by atoms with van der Waals surface area (Å²) < 4.78 is 4.80. The Morgan fingerprint density at radius 2 is 0.310 bits per heavy atom. The molecule has 0 saturated heterocycles. The van der Waals surface area contributed by atoms with Crippen LogP contribution in [0.1, 0.15) is 27.7 Å². The lowest BCUT2D eigenvalue weighted by Gasteiger charge is -2.18. The van der Waals surface area contributed by atoms with Gasteiger partial charge in [-0.1, -0.05) is 364 Å². The van der Waals surface area contributed by atoms with Gasteiger partial charge in [0.15, 0.2) is 0 Å². The maximum Gasteiger partial charge on any atom is 0.303 e. The first-order valence-electron chi connectivity index (χ1n) is 28.2. The molecule has 6 heteroatoms. The first-order chi connectivity index (χ1) is 41.2. The van der Waals surface area contributed by atoms with E-state index in [9.17, 15) is 4.79 Å². The van der Waals surface area contributed by atoms with E-state index in [1.165, 1.54) is 70.6 Å². The van der Waals surface area contributed by atoms with Crippen molar-refractivity contribution in [2.24, 2.45) is 0 Å². The van der Waals surface area contributed by atoms with Crippen LogP contribution in [0.4, 0.5) is 0 Å². The third kappa shape index (κ3) is 19.7. The zero-order valence-corrected chi connectivity index (χ0v) is 51.8. The molecule has 0 radical (unpaired) electrons. The van der Waals surface area contributed by atoms with Gasteiger partial charge in [-0.15, -0.1) is 0 Å². The van der Waals surface area contributed by atoms with E-state index in [1.54, 1.807) is 0 Å². The van der Waals surface area contributed by atoms with Crippen LogP contribution in [0.25, 0.3) is 0 Å². The Balaban J connectivity index is 0.000000140. The zero-order chi connectivity index (χ0) is 58.4. The van der Waals surface area contributed by atoms with E-state index in [0.29, 0.717) is 0 Å². The van der Waals surface area contributed by atoms with Crippen molar-refractivity contribution in [3.05, 3.63) is 364 Å². The summed E-state index contributed by atoms with van der Waals surface area (Å²) in [7, 11) is -1.78. The van der Waals surface area contributed by atoms with E-state index < -0.39 is 31.7 Å². The van der Waals surface area contributed by atoms with Crippen LogP contribution >= 0.6 is 31.7 Å². The number of carbonyl (C=O) groups excluding carboxylic acids is 1. The van der Waals surface area contributed by atoms with Gasteiger partial charge >= 0.3 is 5.97 Å². The highest BCUT2D eigenvalue weighted by Crippen LogP contribution is 2.35. The SMILES string of the molecule is CC(=O)OC(C)(C)C.c1ccc(P(c2ccccc2)c2ccccc2)cc1.c1ccc(P(c2ccccc2)c2ccccc2)cc1.c1ccc(P(c2ccccc2)c2ccccc2)cc1.c1ccc(P(c2ccccc2)c2ccccc2)cc1. The molecule has 416 valence electrons. The Morgan fingerprint density at radius 1 is 0.214 bits per heavy atom. The molecule has 0 amide bonds. The van der Waals surface area contributed by atoms with Crippen molar-refractivity contribution in [3.8, 4) is 0 Å². The minimum Gasteiger partial charge on any atom is -0.460 e. The summed E-state index contributed by atoms with van der Waals surface area (Å²) in [6.45, 7) is 6.93. The number of hydrogen-bond donors (Lipinski definition) is 0. The summed E-state index contributed by atoms with van der Waals surface area (Å²) in [6.07, 6.45) is 0. The Kier molecular flexibility index (Phi) is 24.9. The fourth-order valence-corrected chi connectivity index (χ4v) is 18.4. The molecule has 84 heavy (non-hydrogen) atoms. The smallest absolute Gasteiger partial charge is 0.303 e. The molecule has 0 N–H and O–H groups in total. The highest BCUT2D eigenvalue weighted by Gasteiger charge is 2.19. The summed E-state index contributed by atoms with van der Waals surface area (Å²) >= 11 is 0. The molecule has 12 aromatic carbocycles. The first kappa shape index (κ1) is 61.9. The summed E-state index contributed by atoms with van der Waals surface area (Å²) in [4.78, 5) is 10.2. The van der Waals surface area contributed by atoms with Crippen molar-refractivity contribution >= 4 is 101 Å². The van der Waals surface area contributed by atoms with Crippen molar-refractivity contribution in [3.63, 3.8) is 0 Å². The van der Waals surface area contributed by atoms with Gasteiger partial charge in [-0.3, -0.25) is 4.79 Å². The molecule has 0 aromatic heterocycles. The lowest BCUT2D eigenvalue weighted by atomic mass is 10.2. The fraction of sp³-hybridized carbons (Fsp3) is 0.0641. The molecule has 0 unspecified atom stereocenters. The Bertz CT molecular complexity index is 2810. The van der Waals surface area contributed by atoms with Gasteiger partial charge in [0.2, 0.25) is 0 Å². The van der Waals surface area contributed by atoms with Crippen molar-refractivity contribution < 1.29 is 9.53 Å². The second-order valence-corrected chi connectivity index (χ2v) is 29.0. The standard InChI is InChI=1S/4C18H15P.C6H12O2/c4*1-4-10-16(11-5-1)19(17-12-6-2-7-13-17)18-14-8-3-9-15-18;1-5(7)8-6(2,3)4/h4*1-15H;1-4H3. The van der Waals surface area contributed by atoms with E-state index >= 15 is 0 Å². The number of carbonyl (C=O) groups is 1. The van der Waals surface area contributed by atoms with Crippen molar-refractivity contribution in [2.75, 3.05) is 0 Å². The number of benzene rings is 12. The maximum atomic E-state index is 10.2. The minimum atomic E-state index is -0.446. The maximum absolute atomic E-state index is 10.2. The highest BCUT2D eigenvalue weighted by molar-refractivity contribution is 7.81. The van der Waals surface area contributed by atoms with Gasteiger partial charge in [0.25, 0.3) is 0 Å². The lowest BCUT2D eigenvalue weighted by molar-refractivity contribution is -0.151. The van der Waals surface area contributed by atoms with Gasteiger partial charge in [0.05, 0.1) is 0 Å². The van der Waals surface area contributed by atoms with Crippen LogP contribution in [0.5, 0.6) is 0 Å². The molecule has 0 aliphatic rings. The largest absolute Gasteiger partial charge is 0.460 e. The molecular formula is C78H72O2P4. The van der Waals surface area contributed by atoms with Gasteiger partial charge in [0.1, 0.15) is 5.60 Å². The van der Waals surface area contributed by atoms with E-state index in [0.717, 1.165) is 0 Å². The minimum absolute atomic E-state index is 0.225. The molecule has 0 aliphatic heterocycles. The molecule has 0 spiro atoms. The number of esters is 1. The van der Waals surface area contributed by atoms with E-state index in [1.807, 2.05) is 20.8 Å². The van der Waals surface area contributed by atoms with Crippen LogP contribution < -0.4 is 63.7 Å². The average Bonchev–Trinajstić information content (AvgIpc) is 3.72. The molecule has 12 aromatic rings. The van der Waals surface area contributed by atoms with Gasteiger partial charge in [-0.2, -0.15) is 0 Å². The molecule has 0 bridgehead atoms. The predicted molar refractivity (Wildman–Crippen MR) is 372 cm³/mol. The number of hydrogen-bond acceptors (Lipinski definition) is 2. The number of ether oxygens (including phenoxy) is 1. The molecule has 2 nitrogen and oxygen atoms in total. The highest BCUT2D eigenvalue weighted by atomic mass is 31.1. The van der Waals surface area contributed by atoms with Gasteiger partial charge in [-0.05, 0) is 116 Å². The third-order valence-electron chi connectivity index (χ3n) is 12.6. The lowest BCUT2D eigenvalue weighted by Crippen LogP contribution is -2.21. The van der Waals surface area contributed by atoms with E-state index in [-0.39, 0.29) is 11.6 Å². The quantitative estimate of drug-likeness (QED) is 0.0900. The van der Waals surface area contributed by atoms with Crippen LogP contribution in [-0.4, -0.2) is 11.6 Å². The molecule has 0 fully saturated rings. The third-order valence-corrected chi connectivity index (χ3v) is 22.4. The van der Waals surface area contributed by atoms with Gasteiger partial charge in [-0.25, -0.2) is 0 Å². The first-order valence-corrected chi connectivity index (χ1v) is 33.6. The van der Waals surface area contributed by atoms with Crippen LogP contribution in [0.3, 0.4) is 0 Å². The normalized spacial score (nSPS) is 10.6. The van der Waals surface area contributed by atoms with Crippen molar-refractivity contribution in [1.29, 1.82) is 0 Å². The average molecular weight is 1170 g/mol. The van der Waals surface area contributed by atoms with Crippen LogP contribution in [0, 0.1) is 0 Å². The second-order valence-electron chi connectivity index (χ2n) is 20.1. The molecule has 0 saturated carbocycles. The van der Waals surface area contributed by atoms with Gasteiger partial charge in [0, 0.05) is 6.92 Å². The Labute approximate surface area is 505 Å². The van der Waals surface area contributed by atoms with Crippen molar-refractivity contribution in [1.82, 2.24) is 0 Å². The van der Waals surface area contributed by atoms with E-state index in [2.05, 4.69) is 364 Å². The van der Waals surface area contributed by atoms with Crippen LogP contribution in [-0.2, 0) is 9.53 Å². The summed E-state index contributed by atoms with van der Waals surface area (Å²) in [5.41, 5.74) is -0.328. The van der Waals surface area contributed by atoms with E-state index in [4.69, 9.17) is 4.74 Å². The summed E-state index contributed by atoms with van der Waals surface area (Å²) in [6, 6.07) is 129. The molecule has 0 heterocycles. The number of rotatable bonds is 12. The second kappa shape index (κ2) is 33.8. The Hall–Kier alpha value is -8.17. The van der Waals surface area contributed by atoms with Crippen molar-refractivity contribution in [2.45, 2.75) is 33.3 Å².